The van der Waals surface area contributed by atoms with Gasteiger partial charge in [0.2, 0.25) is 5.89 Å². The number of nitrogens with one attached hydrogen (secondary N) is 1. The first-order chi connectivity index (χ1) is 8.48. The van der Waals surface area contributed by atoms with Crippen LogP contribution in [0.25, 0.3) is 10.8 Å². The van der Waals surface area contributed by atoms with Crippen LogP contribution in [0.1, 0.15) is 38.5 Å². The second-order valence-electron chi connectivity index (χ2n) is 5.22. The maximum atomic E-state index is 5.65. The summed E-state index contributed by atoms with van der Waals surface area (Å²) in [5.41, 5.74) is 0.0486. The third kappa shape index (κ3) is 3.40. The molecule has 2 rings (SSSR count). The van der Waals surface area contributed by atoms with Gasteiger partial charge >= 0.3 is 0 Å². The molecule has 18 heavy (non-hydrogen) atoms. The Bertz CT molecular complexity index is 510. The van der Waals surface area contributed by atoms with E-state index in [0.717, 1.165) is 11.3 Å². The van der Waals surface area contributed by atoms with E-state index in [1.807, 2.05) is 6.07 Å². The fourth-order valence-electron chi connectivity index (χ4n) is 1.45. The number of aromatic nitrogens is 2. The number of aryl methyl sites for hydroxylation is 1. The zero-order valence-corrected chi connectivity index (χ0v) is 12.1. The first kappa shape index (κ1) is 13.2. The average Bonchev–Trinajstić information content (AvgIpc) is 2.94. The SMILES string of the molecule is CCc1ccc(-c2nnc(CNC(C)(C)C)o2)s1. The molecule has 0 aromatic carbocycles. The first-order valence-electron chi connectivity index (χ1n) is 6.14. The minimum absolute atomic E-state index is 0.0486. The van der Waals surface area contributed by atoms with Gasteiger partial charge < -0.3 is 9.73 Å². The van der Waals surface area contributed by atoms with Gasteiger partial charge in [-0.25, -0.2) is 0 Å². The monoisotopic (exact) mass is 265 g/mol. The lowest BCUT2D eigenvalue weighted by atomic mass is 10.1. The third-order valence-corrected chi connectivity index (χ3v) is 3.68. The Balaban J connectivity index is 2.06. The predicted octanol–water partition coefficient (Wildman–Crippen LogP) is 3.25. The van der Waals surface area contributed by atoms with Crippen LogP contribution in [0, 0.1) is 0 Å². The van der Waals surface area contributed by atoms with Gasteiger partial charge in [0.15, 0.2) is 0 Å². The summed E-state index contributed by atoms with van der Waals surface area (Å²) in [7, 11) is 0. The molecule has 1 N–H and O–H groups in total. The standard InChI is InChI=1S/C13H19N3OS/c1-5-9-6-7-10(18-9)12-16-15-11(17-12)8-14-13(2,3)4/h6-7,14H,5,8H2,1-4H3. The highest BCUT2D eigenvalue weighted by Gasteiger charge is 2.13. The van der Waals surface area contributed by atoms with Gasteiger partial charge in [0.25, 0.3) is 5.89 Å². The van der Waals surface area contributed by atoms with Gasteiger partial charge in [-0.05, 0) is 39.3 Å². The molecule has 0 radical (unpaired) electrons. The number of hydrogen-bond donors (Lipinski definition) is 1. The largest absolute Gasteiger partial charge is 0.419 e. The van der Waals surface area contributed by atoms with E-state index in [9.17, 15) is 0 Å². The van der Waals surface area contributed by atoms with Crippen LogP contribution in [-0.2, 0) is 13.0 Å². The summed E-state index contributed by atoms with van der Waals surface area (Å²) in [6.45, 7) is 9.07. The summed E-state index contributed by atoms with van der Waals surface area (Å²) >= 11 is 1.71. The van der Waals surface area contributed by atoms with Gasteiger partial charge in [-0.15, -0.1) is 21.5 Å². The smallest absolute Gasteiger partial charge is 0.257 e. The van der Waals surface area contributed by atoms with Gasteiger partial charge in [0.1, 0.15) is 0 Å². The summed E-state index contributed by atoms with van der Waals surface area (Å²) in [6, 6.07) is 4.15. The molecule has 5 heteroatoms. The van der Waals surface area contributed by atoms with E-state index in [2.05, 4.69) is 49.3 Å². The van der Waals surface area contributed by atoms with Crippen LogP contribution in [-0.4, -0.2) is 15.7 Å². The molecule has 0 saturated carbocycles. The van der Waals surface area contributed by atoms with Crippen molar-refractivity contribution >= 4 is 11.3 Å². The summed E-state index contributed by atoms with van der Waals surface area (Å²) in [6.07, 6.45) is 1.04. The zero-order chi connectivity index (χ0) is 13.2. The van der Waals surface area contributed by atoms with Crippen molar-refractivity contribution in [3.05, 3.63) is 22.9 Å². The van der Waals surface area contributed by atoms with Crippen molar-refractivity contribution in [3.8, 4) is 10.8 Å². The molecule has 4 nitrogen and oxygen atoms in total. The van der Waals surface area contributed by atoms with Crippen molar-refractivity contribution in [1.29, 1.82) is 0 Å². The lowest BCUT2D eigenvalue weighted by molar-refractivity contribution is 0.384. The predicted molar refractivity (Wildman–Crippen MR) is 73.6 cm³/mol. The molecular weight excluding hydrogens is 246 g/mol. The Morgan fingerprint density at radius 3 is 2.67 bits per heavy atom. The summed E-state index contributed by atoms with van der Waals surface area (Å²) in [5.74, 6) is 1.25. The molecule has 0 bridgehead atoms. The maximum Gasteiger partial charge on any atom is 0.257 e. The molecule has 0 unspecified atom stereocenters. The van der Waals surface area contributed by atoms with Crippen molar-refractivity contribution in [1.82, 2.24) is 15.5 Å². The van der Waals surface area contributed by atoms with E-state index in [-0.39, 0.29) is 5.54 Å². The van der Waals surface area contributed by atoms with E-state index in [4.69, 9.17) is 4.42 Å². The topological polar surface area (TPSA) is 51.0 Å². The fraction of sp³-hybridized carbons (Fsp3) is 0.538. The quantitative estimate of drug-likeness (QED) is 0.922. The second kappa shape index (κ2) is 5.20. The highest BCUT2D eigenvalue weighted by Crippen LogP contribution is 2.27. The lowest BCUT2D eigenvalue weighted by Gasteiger charge is -2.18. The van der Waals surface area contributed by atoms with E-state index in [0.29, 0.717) is 18.3 Å². The van der Waals surface area contributed by atoms with Gasteiger partial charge in [-0.1, -0.05) is 6.92 Å². The molecule has 0 aliphatic rings. The Morgan fingerprint density at radius 2 is 2.06 bits per heavy atom. The van der Waals surface area contributed by atoms with Crippen LogP contribution in [0.5, 0.6) is 0 Å². The number of hydrogen-bond acceptors (Lipinski definition) is 5. The highest BCUT2D eigenvalue weighted by atomic mass is 32.1. The minimum atomic E-state index is 0.0486. The zero-order valence-electron chi connectivity index (χ0n) is 11.3. The minimum Gasteiger partial charge on any atom is -0.419 e. The molecule has 0 aliphatic heterocycles. The highest BCUT2D eigenvalue weighted by molar-refractivity contribution is 7.15. The molecule has 0 fully saturated rings. The molecule has 2 aromatic heterocycles. The van der Waals surface area contributed by atoms with Crippen molar-refractivity contribution in [3.63, 3.8) is 0 Å². The van der Waals surface area contributed by atoms with Crippen LogP contribution >= 0.6 is 11.3 Å². The Labute approximate surface area is 111 Å². The summed E-state index contributed by atoms with van der Waals surface area (Å²) in [4.78, 5) is 2.37. The average molecular weight is 265 g/mol. The second-order valence-corrected chi connectivity index (χ2v) is 6.39. The number of thiophene rings is 1. The fourth-order valence-corrected chi connectivity index (χ4v) is 2.32. The first-order valence-corrected chi connectivity index (χ1v) is 6.96. The molecular formula is C13H19N3OS. The molecule has 0 amide bonds. The summed E-state index contributed by atoms with van der Waals surface area (Å²) < 4.78 is 5.65. The molecule has 2 aromatic rings. The van der Waals surface area contributed by atoms with E-state index >= 15 is 0 Å². The normalized spacial score (nSPS) is 12.0. The van der Waals surface area contributed by atoms with Crippen LogP contribution < -0.4 is 5.32 Å². The molecule has 98 valence electrons. The van der Waals surface area contributed by atoms with E-state index < -0.39 is 0 Å². The maximum absolute atomic E-state index is 5.65. The van der Waals surface area contributed by atoms with E-state index in [1.165, 1.54) is 4.88 Å². The molecule has 0 aliphatic carbocycles. The van der Waals surface area contributed by atoms with Gasteiger partial charge in [0, 0.05) is 10.4 Å². The van der Waals surface area contributed by atoms with Gasteiger partial charge in [0.05, 0.1) is 11.4 Å². The number of rotatable bonds is 4. The molecule has 0 atom stereocenters. The number of nitrogens with zero attached hydrogens (tertiary/aromatic N) is 2. The van der Waals surface area contributed by atoms with Crippen molar-refractivity contribution in [2.24, 2.45) is 0 Å². The lowest BCUT2D eigenvalue weighted by Crippen LogP contribution is -2.35. The van der Waals surface area contributed by atoms with Crippen molar-refractivity contribution in [2.75, 3.05) is 0 Å². The van der Waals surface area contributed by atoms with E-state index in [1.54, 1.807) is 11.3 Å². The Kier molecular flexibility index (Phi) is 3.82. The van der Waals surface area contributed by atoms with Gasteiger partial charge in [-0.3, -0.25) is 0 Å². The van der Waals surface area contributed by atoms with Crippen molar-refractivity contribution < 1.29 is 4.42 Å². The summed E-state index contributed by atoms with van der Waals surface area (Å²) in [5, 5.41) is 11.5. The van der Waals surface area contributed by atoms with Gasteiger partial charge in [-0.2, -0.15) is 0 Å². The molecule has 2 heterocycles. The van der Waals surface area contributed by atoms with Crippen LogP contribution in [0.15, 0.2) is 16.5 Å². The molecule has 0 saturated heterocycles. The Morgan fingerprint density at radius 1 is 1.28 bits per heavy atom. The van der Waals surface area contributed by atoms with Crippen LogP contribution in [0.3, 0.4) is 0 Å². The van der Waals surface area contributed by atoms with Crippen LogP contribution in [0.2, 0.25) is 0 Å². The molecule has 0 spiro atoms. The van der Waals surface area contributed by atoms with Crippen molar-refractivity contribution in [2.45, 2.75) is 46.2 Å². The Hall–Kier alpha value is -1.20. The third-order valence-electron chi connectivity index (χ3n) is 2.46. The van der Waals surface area contributed by atoms with Crippen LogP contribution in [0.4, 0.5) is 0 Å².